The lowest BCUT2D eigenvalue weighted by Gasteiger charge is -2.29. The number of rotatable bonds is 2. The Hall–Kier alpha value is -0.440. The minimum absolute atomic E-state index is 0. The lowest BCUT2D eigenvalue weighted by atomic mass is 9.86. The Labute approximate surface area is 114 Å². The summed E-state index contributed by atoms with van der Waals surface area (Å²) in [6, 6.07) is 4.70. The highest BCUT2D eigenvalue weighted by atomic mass is 35.5. The summed E-state index contributed by atoms with van der Waals surface area (Å²) < 4.78 is 5.43. The summed E-state index contributed by atoms with van der Waals surface area (Å²) in [6.45, 7) is 0. The molecule has 0 radical (unpaired) electrons. The minimum Gasteiger partial charge on any atom is -1.00 e. The van der Waals surface area contributed by atoms with Crippen LogP contribution in [-0.2, 0) is 6.42 Å². The smallest absolute Gasteiger partial charge is 0.141 e. The molecular weight excluding hydrogens is 257 g/mol. The second kappa shape index (κ2) is 5.94. The molecule has 0 saturated heterocycles. The van der Waals surface area contributed by atoms with E-state index in [0.717, 1.165) is 17.2 Å². The van der Waals surface area contributed by atoms with Crippen LogP contribution in [0.1, 0.15) is 30.0 Å². The van der Waals surface area contributed by atoms with E-state index in [2.05, 4.69) is 20.2 Å². The SMILES string of the molecule is COc1c(Cl)ccc2c1CCCC2[NH+](C)C.[Cl-]. The number of quaternary nitrogens is 1. The number of nitrogens with one attached hydrogen (secondary N) is 1. The lowest BCUT2D eigenvalue weighted by Crippen LogP contribution is -3.06. The van der Waals surface area contributed by atoms with Gasteiger partial charge in [-0.25, -0.2) is 0 Å². The van der Waals surface area contributed by atoms with Crippen molar-refractivity contribution in [3.8, 4) is 5.75 Å². The van der Waals surface area contributed by atoms with Gasteiger partial charge < -0.3 is 22.0 Å². The summed E-state index contributed by atoms with van der Waals surface area (Å²) in [5.41, 5.74) is 2.72. The van der Waals surface area contributed by atoms with Crippen molar-refractivity contribution in [3.63, 3.8) is 0 Å². The van der Waals surface area contributed by atoms with Gasteiger partial charge in [0.05, 0.1) is 26.2 Å². The summed E-state index contributed by atoms with van der Waals surface area (Å²) in [4.78, 5) is 1.48. The van der Waals surface area contributed by atoms with Crippen LogP contribution in [0.15, 0.2) is 12.1 Å². The lowest BCUT2D eigenvalue weighted by molar-refractivity contribution is -0.893. The number of ether oxygens (including phenoxy) is 1. The highest BCUT2D eigenvalue weighted by molar-refractivity contribution is 6.32. The summed E-state index contributed by atoms with van der Waals surface area (Å²) in [6.07, 6.45) is 3.56. The Morgan fingerprint density at radius 1 is 1.35 bits per heavy atom. The maximum absolute atomic E-state index is 6.16. The second-order valence-electron chi connectivity index (χ2n) is 4.67. The molecule has 0 fully saturated rings. The molecule has 1 aromatic carbocycles. The zero-order valence-electron chi connectivity index (χ0n) is 10.5. The molecule has 1 aromatic rings. The van der Waals surface area contributed by atoms with Crippen molar-refractivity contribution in [1.29, 1.82) is 0 Å². The summed E-state index contributed by atoms with van der Waals surface area (Å²) in [7, 11) is 6.12. The van der Waals surface area contributed by atoms with Gasteiger partial charge in [0.1, 0.15) is 11.8 Å². The fourth-order valence-corrected chi connectivity index (χ4v) is 2.91. The number of hydrogen-bond donors (Lipinski definition) is 1. The number of hydrogen-bond acceptors (Lipinski definition) is 1. The van der Waals surface area contributed by atoms with Gasteiger partial charge in [0.15, 0.2) is 0 Å². The van der Waals surface area contributed by atoms with E-state index < -0.39 is 0 Å². The molecule has 1 N–H and O–H groups in total. The topological polar surface area (TPSA) is 13.7 Å². The van der Waals surface area contributed by atoms with Crippen molar-refractivity contribution in [3.05, 3.63) is 28.3 Å². The summed E-state index contributed by atoms with van der Waals surface area (Å²) in [5.74, 6) is 0.880. The van der Waals surface area contributed by atoms with Crippen LogP contribution in [-0.4, -0.2) is 21.2 Å². The van der Waals surface area contributed by atoms with Gasteiger partial charge in [0, 0.05) is 17.5 Å². The zero-order valence-corrected chi connectivity index (χ0v) is 12.0. The quantitative estimate of drug-likeness (QED) is 0.722. The first-order valence-electron chi connectivity index (χ1n) is 5.80. The monoisotopic (exact) mass is 275 g/mol. The third kappa shape index (κ3) is 2.70. The van der Waals surface area contributed by atoms with Gasteiger partial charge in [0.2, 0.25) is 0 Å². The van der Waals surface area contributed by atoms with Crippen LogP contribution in [0.2, 0.25) is 5.02 Å². The van der Waals surface area contributed by atoms with Crippen LogP contribution in [0, 0.1) is 0 Å². The number of benzene rings is 1. The van der Waals surface area contributed by atoms with Crippen LogP contribution >= 0.6 is 11.6 Å². The molecule has 1 aliphatic carbocycles. The van der Waals surface area contributed by atoms with Gasteiger partial charge in [0.25, 0.3) is 0 Å². The standard InChI is InChI=1S/C13H18ClNO.ClH/c1-15(2)12-6-4-5-10-9(12)7-8-11(14)13(10)16-3;/h7-8,12H,4-6H2,1-3H3;1H. The molecule has 0 bridgehead atoms. The normalized spacial score (nSPS) is 18.5. The third-order valence-corrected chi connectivity index (χ3v) is 3.74. The second-order valence-corrected chi connectivity index (χ2v) is 5.08. The molecule has 0 spiro atoms. The van der Waals surface area contributed by atoms with E-state index in [1.807, 2.05) is 6.07 Å². The van der Waals surface area contributed by atoms with Crippen molar-refractivity contribution >= 4 is 11.6 Å². The van der Waals surface area contributed by atoms with E-state index in [1.165, 1.54) is 28.9 Å². The predicted molar refractivity (Wildman–Crippen MR) is 66.5 cm³/mol. The molecule has 96 valence electrons. The molecule has 1 atom stereocenters. The van der Waals surface area contributed by atoms with E-state index >= 15 is 0 Å². The van der Waals surface area contributed by atoms with Crippen LogP contribution in [0.25, 0.3) is 0 Å². The number of fused-ring (bicyclic) bond motifs is 1. The van der Waals surface area contributed by atoms with Crippen molar-refractivity contribution in [2.75, 3.05) is 21.2 Å². The molecule has 0 heterocycles. The number of methoxy groups -OCH3 is 1. The molecule has 1 unspecified atom stereocenters. The molecule has 4 heteroatoms. The largest absolute Gasteiger partial charge is 1.00 e. The summed E-state index contributed by atoms with van der Waals surface area (Å²) >= 11 is 6.16. The van der Waals surface area contributed by atoms with Gasteiger partial charge in [-0.05, 0) is 18.9 Å². The van der Waals surface area contributed by atoms with E-state index in [0.29, 0.717) is 6.04 Å². The van der Waals surface area contributed by atoms with Gasteiger partial charge >= 0.3 is 0 Å². The van der Waals surface area contributed by atoms with Crippen molar-refractivity contribution in [1.82, 2.24) is 0 Å². The van der Waals surface area contributed by atoms with Crippen molar-refractivity contribution in [2.24, 2.45) is 0 Å². The first-order chi connectivity index (χ1) is 7.65. The van der Waals surface area contributed by atoms with Crippen LogP contribution in [0.4, 0.5) is 0 Å². The first kappa shape index (κ1) is 14.6. The van der Waals surface area contributed by atoms with E-state index in [1.54, 1.807) is 7.11 Å². The molecular formula is C13H19Cl2NO. The Balaban J connectivity index is 0.00000144. The molecule has 0 aliphatic heterocycles. The van der Waals surface area contributed by atoms with Crippen LogP contribution in [0.3, 0.4) is 0 Å². The van der Waals surface area contributed by atoms with Crippen molar-refractivity contribution in [2.45, 2.75) is 25.3 Å². The Kier molecular flexibility index (Phi) is 5.11. The average Bonchev–Trinajstić information content (AvgIpc) is 2.27. The van der Waals surface area contributed by atoms with Crippen LogP contribution < -0.4 is 22.0 Å². The Morgan fingerprint density at radius 2 is 2.06 bits per heavy atom. The molecule has 0 amide bonds. The van der Waals surface area contributed by atoms with Gasteiger partial charge in [-0.15, -0.1) is 0 Å². The Bertz CT molecular complexity index is 393. The Morgan fingerprint density at radius 3 is 2.65 bits per heavy atom. The molecule has 1 aliphatic rings. The van der Waals surface area contributed by atoms with Crippen LogP contribution in [0.5, 0.6) is 5.75 Å². The highest BCUT2D eigenvalue weighted by Crippen LogP contribution is 2.38. The molecule has 17 heavy (non-hydrogen) atoms. The first-order valence-corrected chi connectivity index (χ1v) is 6.18. The zero-order chi connectivity index (χ0) is 11.7. The molecule has 2 rings (SSSR count). The number of halogens is 2. The van der Waals surface area contributed by atoms with Gasteiger partial charge in [-0.2, -0.15) is 0 Å². The maximum Gasteiger partial charge on any atom is 0.141 e. The molecule has 0 aromatic heterocycles. The third-order valence-electron chi connectivity index (χ3n) is 3.44. The van der Waals surface area contributed by atoms with Crippen molar-refractivity contribution < 1.29 is 22.0 Å². The molecule has 0 saturated carbocycles. The maximum atomic E-state index is 6.16. The van der Waals surface area contributed by atoms with Gasteiger partial charge in [-0.3, -0.25) is 0 Å². The average molecular weight is 276 g/mol. The van der Waals surface area contributed by atoms with E-state index in [9.17, 15) is 0 Å². The van der Waals surface area contributed by atoms with Gasteiger partial charge in [-0.1, -0.05) is 17.7 Å². The fourth-order valence-electron chi connectivity index (χ4n) is 2.66. The molecule has 2 nitrogen and oxygen atoms in total. The highest BCUT2D eigenvalue weighted by Gasteiger charge is 2.27. The summed E-state index contributed by atoms with van der Waals surface area (Å²) in [5, 5.41) is 0.732. The predicted octanol–water partition coefficient (Wildman–Crippen LogP) is -1.13. The minimum atomic E-state index is 0. The van der Waals surface area contributed by atoms with E-state index in [-0.39, 0.29) is 12.4 Å². The van der Waals surface area contributed by atoms with E-state index in [4.69, 9.17) is 16.3 Å². The fraction of sp³-hybridized carbons (Fsp3) is 0.538.